The molecular formula is C12H8ClFN2O4S. The van der Waals surface area contributed by atoms with Crippen LogP contribution in [0, 0.1) is 5.82 Å². The Hall–Kier alpha value is -2.19. The number of pyridine rings is 1. The molecule has 0 bridgehead atoms. The number of carboxylic acid groups (broad SMARTS) is 1. The molecule has 0 aliphatic carbocycles. The fraction of sp³-hybridized carbons (Fsp3) is 0. The van der Waals surface area contributed by atoms with E-state index in [1.54, 1.807) is 0 Å². The van der Waals surface area contributed by atoms with Gasteiger partial charge >= 0.3 is 5.97 Å². The van der Waals surface area contributed by atoms with E-state index < -0.39 is 26.7 Å². The Labute approximate surface area is 124 Å². The molecule has 2 aromatic rings. The van der Waals surface area contributed by atoms with Crippen molar-refractivity contribution in [3.8, 4) is 0 Å². The van der Waals surface area contributed by atoms with E-state index in [-0.39, 0.29) is 16.4 Å². The highest BCUT2D eigenvalue weighted by Gasteiger charge is 2.20. The third-order valence-electron chi connectivity index (χ3n) is 2.45. The molecule has 21 heavy (non-hydrogen) atoms. The summed E-state index contributed by atoms with van der Waals surface area (Å²) in [4.78, 5) is 13.7. The third kappa shape index (κ3) is 3.47. The largest absolute Gasteiger partial charge is 0.478 e. The zero-order valence-electron chi connectivity index (χ0n) is 10.2. The molecule has 2 N–H and O–H groups in total. The molecule has 9 heteroatoms. The van der Waals surface area contributed by atoms with Crippen LogP contribution in [0.25, 0.3) is 0 Å². The lowest BCUT2D eigenvalue weighted by Gasteiger charge is -2.09. The van der Waals surface area contributed by atoms with Crippen molar-refractivity contribution in [3.05, 3.63) is 53.1 Å². The smallest absolute Gasteiger partial charge is 0.335 e. The number of benzene rings is 1. The maximum atomic E-state index is 13.8. The summed E-state index contributed by atoms with van der Waals surface area (Å²) in [7, 11) is -4.20. The standard InChI is InChI=1S/C12H8ClFN2O4S/c13-11-4-2-8(6-15-11)16-21(19,20)10-3-1-7(12(17)18)5-9(10)14/h1-6,16H,(H,17,18). The van der Waals surface area contributed by atoms with Crippen molar-refractivity contribution in [2.24, 2.45) is 0 Å². The normalized spacial score (nSPS) is 11.1. The summed E-state index contributed by atoms with van der Waals surface area (Å²) in [5.41, 5.74) is -0.249. The van der Waals surface area contributed by atoms with E-state index in [9.17, 15) is 17.6 Å². The molecule has 0 atom stereocenters. The monoisotopic (exact) mass is 330 g/mol. The summed E-state index contributed by atoms with van der Waals surface area (Å²) in [6, 6.07) is 5.24. The summed E-state index contributed by atoms with van der Waals surface area (Å²) in [5.74, 6) is -2.52. The molecule has 110 valence electrons. The van der Waals surface area contributed by atoms with Crippen LogP contribution in [0.5, 0.6) is 0 Å². The van der Waals surface area contributed by atoms with Crippen molar-refractivity contribution in [1.82, 2.24) is 4.98 Å². The van der Waals surface area contributed by atoms with E-state index in [0.717, 1.165) is 12.1 Å². The molecule has 0 aliphatic rings. The number of rotatable bonds is 4. The summed E-state index contributed by atoms with van der Waals surface area (Å²) in [5, 5.41) is 8.89. The second-order valence-electron chi connectivity index (χ2n) is 3.93. The van der Waals surface area contributed by atoms with Crippen LogP contribution in [-0.2, 0) is 10.0 Å². The molecular weight excluding hydrogens is 323 g/mol. The lowest BCUT2D eigenvalue weighted by Crippen LogP contribution is -2.15. The van der Waals surface area contributed by atoms with Gasteiger partial charge in [0.05, 0.1) is 17.4 Å². The number of aromatic nitrogens is 1. The van der Waals surface area contributed by atoms with Crippen molar-refractivity contribution >= 4 is 33.3 Å². The lowest BCUT2D eigenvalue weighted by atomic mass is 10.2. The Morgan fingerprint density at radius 2 is 2.00 bits per heavy atom. The summed E-state index contributed by atoms with van der Waals surface area (Å²) in [6.07, 6.45) is 1.17. The molecule has 0 radical (unpaired) electrons. The zero-order valence-corrected chi connectivity index (χ0v) is 11.8. The van der Waals surface area contributed by atoms with Gasteiger partial charge in [0.1, 0.15) is 15.9 Å². The van der Waals surface area contributed by atoms with Crippen LogP contribution in [0.4, 0.5) is 10.1 Å². The predicted octanol–water partition coefficient (Wildman–Crippen LogP) is 2.37. The minimum Gasteiger partial charge on any atom is -0.478 e. The molecule has 0 saturated heterocycles. The molecule has 1 aromatic heterocycles. The highest BCUT2D eigenvalue weighted by atomic mass is 35.5. The van der Waals surface area contributed by atoms with Gasteiger partial charge in [0, 0.05) is 0 Å². The molecule has 1 aromatic carbocycles. The number of carbonyl (C=O) groups is 1. The molecule has 0 saturated carbocycles. The van der Waals surface area contributed by atoms with E-state index in [4.69, 9.17) is 16.7 Å². The number of nitrogens with zero attached hydrogens (tertiary/aromatic N) is 1. The molecule has 2 rings (SSSR count). The summed E-state index contributed by atoms with van der Waals surface area (Å²) >= 11 is 5.57. The first-order valence-electron chi connectivity index (χ1n) is 5.47. The number of hydrogen-bond donors (Lipinski definition) is 2. The quantitative estimate of drug-likeness (QED) is 0.839. The number of aromatic carboxylic acids is 1. The van der Waals surface area contributed by atoms with Crippen molar-refractivity contribution in [2.75, 3.05) is 4.72 Å². The van der Waals surface area contributed by atoms with Gasteiger partial charge in [0.15, 0.2) is 0 Å². The van der Waals surface area contributed by atoms with Crippen LogP contribution in [0.2, 0.25) is 5.15 Å². The highest BCUT2D eigenvalue weighted by Crippen LogP contribution is 2.20. The molecule has 0 unspecified atom stereocenters. The Bertz CT molecular complexity index is 793. The number of anilines is 1. The second kappa shape index (κ2) is 5.66. The van der Waals surface area contributed by atoms with E-state index in [2.05, 4.69) is 9.71 Å². The van der Waals surface area contributed by atoms with Crippen molar-refractivity contribution in [2.45, 2.75) is 4.90 Å². The maximum Gasteiger partial charge on any atom is 0.335 e. The van der Waals surface area contributed by atoms with E-state index in [1.807, 2.05) is 0 Å². The summed E-state index contributed by atoms with van der Waals surface area (Å²) in [6.45, 7) is 0. The first-order chi connectivity index (χ1) is 9.79. The van der Waals surface area contributed by atoms with Gasteiger partial charge in [0.2, 0.25) is 0 Å². The van der Waals surface area contributed by atoms with Crippen molar-refractivity contribution < 1.29 is 22.7 Å². The Kier molecular flexibility index (Phi) is 4.10. The van der Waals surface area contributed by atoms with Crippen LogP contribution in [0.1, 0.15) is 10.4 Å². The van der Waals surface area contributed by atoms with Crippen LogP contribution < -0.4 is 4.72 Å². The lowest BCUT2D eigenvalue weighted by molar-refractivity contribution is 0.0696. The average Bonchev–Trinajstić information content (AvgIpc) is 2.40. The van der Waals surface area contributed by atoms with Gasteiger partial charge in [-0.2, -0.15) is 0 Å². The molecule has 0 aliphatic heterocycles. The fourth-order valence-electron chi connectivity index (χ4n) is 1.50. The van der Waals surface area contributed by atoms with Crippen molar-refractivity contribution in [3.63, 3.8) is 0 Å². The van der Waals surface area contributed by atoms with Gasteiger partial charge in [-0.15, -0.1) is 0 Å². The van der Waals surface area contributed by atoms with Crippen LogP contribution in [0.15, 0.2) is 41.4 Å². The van der Waals surface area contributed by atoms with Gasteiger partial charge in [-0.25, -0.2) is 22.6 Å². The number of sulfonamides is 1. The van der Waals surface area contributed by atoms with Gasteiger partial charge in [-0.3, -0.25) is 4.72 Å². The molecule has 6 nitrogen and oxygen atoms in total. The maximum absolute atomic E-state index is 13.8. The van der Waals surface area contributed by atoms with E-state index in [0.29, 0.717) is 6.07 Å². The first-order valence-corrected chi connectivity index (χ1v) is 7.33. The van der Waals surface area contributed by atoms with E-state index in [1.165, 1.54) is 18.3 Å². The minimum atomic E-state index is -4.20. The molecule has 0 spiro atoms. The van der Waals surface area contributed by atoms with Crippen LogP contribution >= 0.6 is 11.6 Å². The Morgan fingerprint density at radius 3 is 2.52 bits per heavy atom. The highest BCUT2D eigenvalue weighted by molar-refractivity contribution is 7.92. The van der Waals surface area contributed by atoms with Gasteiger partial charge in [-0.05, 0) is 30.3 Å². The fourth-order valence-corrected chi connectivity index (χ4v) is 2.71. The van der Waals surface area contributed by atoms with Crippen LogP contribution in [-0.4, -0.2) is 24.5 Å². The SMILES string of the molecule is O=C(O)c1ccc(S(=O)(=O)Nc2ccc(Cl)nc2)c(F)c1. The molecule has 0 amide bonds. The second-order valence-corrected chi connectivity index (χ2v) is 5.96. The van der Waals surface area contributed by atoms with Gasteiger partial charge < -0.3 is 5.11 Å². The molecule has 1 heterocycles. The zero-order chi connectivity index (χ0) is 15.6. The number of halogens is 2. The Morgan fingerprint density at radius 1 is 1.29 bits per heavy atom. The first kappa shape index (κ1) is 15.2. The van der Waals surface area contributed by atoms with Gasteiger partial charge in [-0.1, -0.05) is 11.6 Å². The minimum absolute atomic E-state index is 0.0983. The van der Waals surface area contributed by atoms with Crippen LogP contribution in [0.3, 0.4) is 0 Å². The summed E-state index contributed by atoms with van der Waals surface area (Å²) < 4.78 is 39.9. The molecule has 0 fully saturated rings. The number of carboxylic acids is 1. The number of nitrogens with one attached hydrogen (secondary N) is 1. The van der Waals surface area contributed by atoms with Gasteiger partial charge in [0.25, 0.3) is 10.0 Å². The van der Waals surface area contributed by atoms with Crippen molar-refractivity contribution in [1.29, 1.82) is 0 Å². The topological polar surface area (TPSA) is 96.4 Å². The van der Waals surface area contributed by atoms with E-state index >= 15 is 0 Å². The third-order valence-corrected chi connectivity index (χ3v) is 4.09. The average molecular weight is 331 g/mol. The Balaban J connectivity index is 2.35. The predicted molar refractivity (Wildman–Crippen MR) is 73.4 cm³/mol. The number of hydrogen-bond acceptors (Lipinski definition) is 4.